The molecule has 0 aromatic heterocycles. The Balaban J connectivity index is 1.42. The van der Waals surface area contributed by atoms with Gasteiger partial charge >= 0.3 is 0 Å². The van der Waals surface area contributed by atoms with Crippen LogP contribution in [0, 0.1) is 6.92 Å². The van der Waals surface area contributed by atoms with E-state index in [2.05, 4.69) is 5.32 Å². The zero-order valence-corrected chi connectivity index (χ0v) is 22.0. The van der Waals surface area contributed by atoms with E-state index in [9.17, 15) is 9.59 Å². The normalized spacial score (nSPS) is 14.3. The fraction of sp³-hybridized carbons (Fsp3) is 0.148. The second-order valence-corrected chi connectivity index (χ2v) is 10.1. The predicted octanol–water partition coefficient (Wildman–Crippen LogP) is 6.08. The van der Waals surface area contributed by atoms with Gasteiger partial charge in [0.15, 0.2) is 18.1 Å². The molecule has 0 radical (unpaired) electrons. The third kappa shape index (κ3) is 6.26. The van der Waals surface area contributed by atoms with E-state index in [4.69, 9.17) is 33.3 Å². The van der Waals surface area contributed by atoms with E-state index in [0.717, 1.165) is 16.7 Å². The number of carbonyl (C=O) groups is 2. The standard InChI is InChI=1S/C27H23ClN2O4S2/c1-17-8-10-20(28)14-21(17)29-25(31)16-34-22-11-9-19(12-23(22)33-2)13-24-26(32)30(27(35)36-24)15-18-6-4-3-5-7-18/h3-14H,15-16H2,1-2H3,(H,29,31)/b24-13-. The van der Waals surface area contributed by atoms with E-state index < -0.39 is 0 Å². The second kappa shape index (κ2) is 11.6. The molecule has 0 aliphatic carbocycles. The summed E-state index contributed by atoms with van der Waals surface area (Å²) in [6, 6.07) is 20.2. The summed E-state index contributed by atoms with van der Waals surface area (Å²) in [5.41, 5.74) is 3.28. The van der Waals surface area contributed by atoms with Crippen LogP contribution in [0.2, 0.25) is 5.02 Å². The zero-order chi connectivity index (χ0) is 25.7. The van der Waals surface area contributed by atoms with Gasteiger partial charge in [0.25, 0.3) is 11.8 Å². The molecular formula is C27H23ClN2O4S2. The van der Waals surface area contributed by atoms with Gasteiger partial charge in [0, 0.05) is 10.7 Å². The quantitative estimate of drug-likeness (QED) is 0.277. The molecule has 36 heavy (non-hydrogen) atoms. The first kappa shape index (κ1) is 25.8. The fourth-order valence-electron chi connectivity index (χ4n) is 3.51. The molecule has 1 heterocycles. The summed E-state index contributed by atoms with van der Waals surface area (Å²) >= 11 is 12.7. The van der Waals surface area contributed by atoms with Crippen molar-refractivity contribution in [2.45, 2.75) is 13.5 Å². The van der Waals surface area contributed by atoms with Gasteiger partial charge in [-0.1, -0.05) is 78.0 Å². The van der Waals surface area contributed by atoms with Crippen molar-refractivity contribution in [3.63, 3.8) is 0 Å². The van der Waals surface area contributed by atoms with E-state index in [-0.39, 0.29) is 18.4 Å². The molecule has 1 aliphatic rings. The highest BCUT2D eigenvalue weighted by molar-refractivity contribution is 8.26. The molecule has 4 rings (SSSR count). The SMILES string of the molecule is COc1cc(/C=C2\SC(=S)N(Cc3ccccc3)C2=O)ccc1OCC(=O)Nc1cc(Cl)ccc1C. The average molecular weight is 539 g/mol. The first-order valence-electron chi connectivity index (χ1n) is 11.0. The lowest BCUT2D eigenvalue weighted by Crippen LogP contribution is -2.27. The van der Waals surface area contributed by atoms with Crippen LogP contribution in [0.1, 0.15) is 16.7 Å². The van der Waals surface area contributed by atoms with Crippen LogP contribution >= 0.6 is 35.6 Å². The number of nitrogens with one attached hydrogen (secondary N) is 1. The number of nitrogens with zero attached hydrogens (tertiary/aromatic N) is 1. The van der Waals surface area contributed by atoms with Gasteiger partial charge in [-0.05, 0) is 54.0 Å². The Hall–Kier alpha value is -3.33. The maximum Gasteiger partial charge on any atom is 0.266 e. The minimum Gasteiger partial charge on any atom is -0.493 e. The molecule has 6 nitrogen and oxygen atoms in total. The maximum atomic E-state index is 13.0. The highest BCUT2D eigenvalue weighted by Gasteiger charge is 2.32. The molecule has 1 N–H and O–H groups in total. The highest BCUT2D eigenvalue weighted by Crippen LogP contribution is 2.35. The van der Waals surface area contributed by atoms with Crippen LogP contribution in [0.15, 0.2) is 71.6 Å². The van der Waals surface area contributed by atoms with Crippen LogP contribution in [-0.4, -0.2) is 34.8 Å². The summed E-state index contributed by atoms with van der Waals surface area (Å²) in [4.78, 5) is 27.5. The number of anilines is 1. The third-order valence-electron chi connectivity index (χ3n) is 5.38. The smallest absolute Gasteiger partial charge is 0.266 e. The van der Waals surface area contributed by atoms with Crippen LogP contribution in [0.5, 0.6) is 11.5 Å². The van der Waals surface area contributed by atoms with Crippen molar-refractivity contribution in [3.05, 3.63) is 93.3 Å². The Morgan fingerprint density at radius 1 is 1.11 bits per heavy atom. The highest BCUT2D eigenvalue weighted by atomic mass is 35.5. The van der Waals surface area contributed by atoms with Gasteiger partial charge in [0.1, 0.15) is 4.32 Å². The van der Waals surface area contributed by atoms with Gasteiger partial charge in [0.2, 0.25) is 0 Å². The minimum absolute atomic E-state index is 0.138. The monoisotopic (exact) mass is 538 g/mol. The van der Waals surface area contributed by atoms with Crippen molar-refractivity contribution in [1.82, 2.24) is 4.90 Å². The molecule has 9 heteroatoms. The lowest BCUT2D eigenvalue weighted by molar-refractivity contribution is -0.122. The second-order valence-electron chi connectivity index (χ2n) is 7.96. The molecule has 0 bridgehead atoms. The molecule has 0 saturated carbocycles. The number of carbonyl (C=O) groups excluding carboxylic acids is 2. The lowest BCUT2D eigenvalue weighted by atomic mass is 10.1. The summed E-state index contributed by atoms with van der Waals surface area (Å²) in [5, 5.41) is 3.33. The number of amides is 2. The number of thioether (sulfide) groups is 1. The number of hydrogen-bond donors (Lipinski definition) is 1. The molecule has 3 aromatic carbocycles. The summed E-state index contributed by atoms with van der Waals surface area (Å²) < 4.78 is 11.7. The number of thiocarbonyl (C=S) groups is 1. The molecule has 1 aliphatic heterocycles. The summed E-state index contributed by atoms with van der Waals surface area (Å²) in [6.07, 6.45) is 1.77. The number of rotatable bonds is 8. The van der Waals surface area contributed by atoms with Gasteiger partial charge in [-0.15, -0.1) is 0 Å². The largest absolute Gasteiger partial charge is 0.493 e. The third-order valence-corrected chi connectivity index (χ3v) is 6.99. The van der Waals surface area contributed by atoms with Gasteiger partial charge in [-0.25, -0.2) is 0 Å². The van der Waals surface area contributed by atoms with E-state index >= 15 is 0 Å². The number of ether oxygens (including phenoxy) is 2. The predicted molar refractivity (Wildman–Crippen MR) is 148 cm³/mol. The first-order valence-corrected chi connectivity index (χ1v) is 12.6. The summed E-state index contributed by atoms with van der Waals surface area (Å²) in [6.45, 7) is 2.10. The number of hydrogen-bond acceptors (Lipinski definition) is 6. The van der Waals surface area contributed by atoms with Gasteiger partial charge in [-0.2, -0.15) is 0 Å². The Morgan fingerprint density at radius 2 is 1.89 bits per heavy atom. The Labute approximate surface area is 224 Å². The van der Waals surface area contributed by atoms with Crippen LogP contribution in [0.3, 0.4) is 0 Å². The molecule has 0 spiro atoms. The van der Waals surface area contributed by atoms with Crippen LogP contribution in [0.4, 0.5) is 5.69 Å². The lowest BCUT2D eigenvalue weighted by Gasteiger charge is -2.14. The zero-order valence-electron chi connectivity index (χ0n) is 19.6. The van der Waals surface area contributed by atoms with Crippen molar-refractivity contribution in [3.8, 4) is 11.5 Å². The van der Waals surface area contributed by atoms with Crippen LogP contribution in [-0.2, 0) is 16.1 Å². The molecule has 0 unspecified atom stereocenters. The topological polar surface area (TPSA) is 67.9 Å². The number of halogens is 1. The van der Waals surface area contributed by atoms with E-state index in [1.807, 2.05) is 43.3 Å². The van der Waals surface area contributed by atoms with Gasteiger partial charge in [-0.3, -0.25) is 14.5 Å². The maximum absolute atomic E-state index is 13.0. The Morgan fingerprint density at radius 3 is 2.64 bits per heavy atom. The van der Waals surface area contributed by atoms with E-state index in [1.54, 1.807) is 41.3 Å². The number of benzene rings is 3. The van der Waals surface area contributed by atoms with Crippen molar-refractivity contribution in [2.24, 2.45) is 0 Å². The van der Waals surface area contributed by atoms with Crippen molar-refractivity contribution in [1.29, 1.82) is 0 Å². The molecule has 3 aromatic rings. The van der Waals surface area contributed by atoms with Gasteiger partial charge in [0.05, 0.1) is 18.6 Å². The number of methoxy groups -OCH3 is 1. The molecule has 0 atom stereocenters. The molecule has 1 fully saturated rings. The van der Waals surface area contributed by atoms with Crippen molar-refractivity contribution in [2.75, 3.05) is 19.0 Å². The summed E-state index contributed by atoms with van der Waals surface area (Å²) in [5.74, 6) is 0.384. The number of aryl methyl sites for hydroxylation is 1. The Kier molecular flexibility index (Phi) is 8.30. The van der Waals surface area contributed by atoms with Crippen LogP contribution < -0.4 is 14.8 Å². The van der Waals surface area contributed by atoms with Crippen LogP contribution in [0.25, 0.3) is 6.08 Å². The fourth-order valence-corrected chi connectivity index (χ4v) is 4.93. The van der Waals surface area contributed by atoms with Crippen molar-refractivity contribution >= 4 is 63.5 Å². The minimum atomic E-state index is -0.325. The van der Waals surface area contributed by atoms with Gasteiger partial charge < -0.3 is 14.8 Å². The Bertz CT molecular complexity index is 1340. The molecule has 184 valence electrons. The van der Waals surface area contributed by atoms with E-state index in [0.29, 0.717) is 38.0 Å². The van der Waals surface area contributed by atoms with E-state index in [1.165, 1.54) is 18.9 Å². The summed E-state index contributed by atoms with van der Waals surface area (Å²) in [7, 11) is 1.51. The molecular weight excluding hydrogens is 516 g/mol. The van der Waals surface area contributed by atoms with Crippen molar-refractivity contribution < 1.29 is 19.1 Å². The first-order chi connectivity index (χ1) is 17.3. The molecule has 1 saturated heterocycles. The molecule has 2 amide bonds. The average Bonchev–Trinajstić information content (AvgIpc) is 3.13.